The summed E-state index contributed by atoms with van der Waals surface area (Å²) in [5.74, 6) is -0.779. The van der Waals surface area contributed by atoms with Crippen molar-refractivity contribution in [3.63, 3.8) is 0 Å². The molecule has 3 heterocycles. The summed E-state index contributed by atoms with van der Waals surface area (Å²) in [7, 11) is 0. The second-order valence-corrected chi connectivity index (χ2v) is 5.74. The number of esters is 1. The maximum absolute atomic E-state index is 12.2. The van der Waals surface area contributed by atoms with Crippen LogP contribution in [0.2, 0.25) is 0 Å². The normalized spacial score (nSPS) is 13.9. The lowest BCUT2D eigenvalue weighted by molar-refractivity contribution is -0.151. The standard InChI is InChI=1S/C17H19N5O5/c23-14(12-27-15(24)11-20-16(25)13-3-1-10-26-13)21-6-8-22(9-7-21)17-18-4-2-5-19-17/h1-5,10H,6-9,11-12H2,(H,20,25). The molecule has 1 aliphatic heterocycles. The Kier molecular flexibility index (Phi) is 5.98. The van der Waals surface area contributed by atoms with Gasteiger partial charge in [-0.25, -0.2) is 9.97 Å². The van der Waals surface area contributed by atoms with Gasteiger partial charge in [-0.1, -0.05) is 0 Å². The van der Waals surface area contributed by atoms with Gasteiger partial charge in [0.15, 0.2) is 12.4 Å². The predicted molar refractivity (Wildman–Crippen MR) is 92.8 cm³/mol. The molecule has 1 N–H and O–H groups in total. The summed E-state index contributed by atoms with van der Waals surface area (Å²) in [6.45, 7) is 1.47. The second-order valence-electron chi connectivity index (χ2n) is 5.74. The first-order chi connectivity index (χ1) is 13.1. The number of hydrogen-bond acceptors (Lipinski definition) is 8. The Hall–Kier alpha value is -3.43. The molecular weight excluding hydrogens is 354 g/mol. The van der Waals surface area contributed by atoms with E-state index in [-0.39, 0.29) is 24.8 Å². The van der Waals surface area contributed by atoms with Crippen LogP contribution in [0, 0.1) is 0 Å². The van der Waals surface area contributed by atoms with Crippen LogP contribution in [-0.4, -0.2) is 72.0 Å². The highest BCUT2D eigenvalue weighted by atomic mass is 16.5. The van der Waals surface area contributed by atoms with E-state index in [4.69, 9.17) is 9.15 Å². The van der Waals surface area contributed by atoms with E-state index in [1.165, 1.54) is 12.3 Å². The number of carbonyl (C=O) groups excluding carboxylic acids is 3. The molecule has 0 unspecified atom stereocenters. The van der Waals surface area contributed by atoms with Crippen LogP contribution in [0.25, 0.3) is 0 Å². The Morgan fingerprint density at radius 3 is 2.52 bits per heavy atom. The Morgan fingerprint density at radius 2 is 1.85 bits per heavy atom. The SMILES string of the molecule is O=C(CNC(=O)c1ccco1)OCC(=O)N1CCN(c2ncccn2)CC1. The van der Waals surface area contributed by atoms with E-state index >= 15 is 0 Å². The molecule has 0 bridgehead atoms. The van der Waals surface area contributed by atoms with Crippen molar-refractivity contribution in [1.29, 1.82) is 0 Å². The summed E-state index contributed by atoms with van der Waals surface area (Å²) in [4.78, 5) is 47.5. The number of hydrogen-bond donors (Lipinski definition) is 1. The monoisotopic (exact) mass is 373 g/mol. The van der Waals surface area contributed by atoms with E-state index in [1.54, 1.807) is 29.4 Å². The van der Waals surface area contributed by atoms with Gasteiger partial charge >= 0.3 is 5.97 Å². The fourth-order valence-electron chi connectivity index (χ4n) is 2.54. The van der Waals surface area contributed by atoms with Gasteiger partial charge in [0, 0.05) is 38.6 Å². The van der Waals surface area contributed by atoms with Crippen LogP contribution in [0.5, 0.6) is 0 Å². The Balaban J connectivity index is 1.36. The number of rotatable bonds is 6. The molecule has 0 atom stereocenters. The van der Waals surface area contributed by atoms with E-state index in [0.29, 0.717) is 32.1 Å². The summed E-state index contributed by atoms with van der Waals surface area (Å²) < 4.78 is 9.83. The van der Waals surface area contributed by atoms with E-state index in [9.17, 15) is 14.4 Å². The first kappa shape index (κ1) is 18.4. The van der Waals surface area contributed by atoms with Crippen molar-refractivity contribution in [2.45, 2.75) is 0 Å². The molecule has 27 heavy (non-hydrogen) atoms. The molecule has 0 aromatic carbocycles. The lowest BCUT2D eigenvalue weighted by Crippen LogP contribution is -2.50. The molecule has 3 rings (SSSR count). The summed E-state index contributed by atoms with van der Waals surface area (Å²) in [5.41, 5.74) is 0. The summed E-state index contributed by atoms with van der Waals surface area (Å²) in [5, 5.41) is 2.36. The summed E-state index contributed by atoms with van der Waals surface area (Å²) in [6.07, 6.45) is 4.70. The molecule has 2 amide bonds. The maximum Gasteiger partial charge on any atom is 0.325 e. The topological polar surface area (TPSA) is 118 Å². The largest absolute Gasteiger partial charge is 0.459 e. The smallest absolute Gasteiger partial charge is 0.325 e. The van der Waals surface area contributed by atoms with Gasteiger partial charge in [0.25, 0.3) is 11.8 Å². The number of carbonyl (C=O) groups is 3. The Bertz CT molecular complexity index is 772. The van der Waals surface area contributed by atoms with Crippen molar-refractivity contribution >= 4 is 23.7 Å². The average Bonchev–Trinajstić information content (AvgIpc) is 3.26. The highest BCUT2D eigenvalue weighted by Gasteiger charge is 2.23. The van der Waals surface area contributed by atoms with E-state index < -0.39 is 11.9 Å². The van der Waals surface area contributed by atoms with E-state index in [2.05, 4.69) is 15.3 Å². The van der Waals surface area contributed by atoms with Gasteiger partial charge in [0.05, 0.1) is 6.26 Å². The van der Waals surface area contributed by atoms with Gasteiger partial charge in [-0.15, -0.1) is 0 Å². The van der Waals surface area contributed by atoms with Gasteiger partial charge in [-0.3, -0.25) is 14.4 Å². The highest BCUT2D eigenvalue weighted by molar-refractivity contribution is 5.93. The predicted octanol–water partition coefficient (Wildman–Crippen LogP) is -0.309. The van der Waals surface area contributed by atoms with Crippen molar-refractivity contribution in [3.05, 3.63) is 42.6 Å². The second kappa shape index (κ2) is 8.79. The van der Waals surface area contributed by atoms with Gasteiger partial charge in [-0.05, 0) is 18.2 Å². The Morgan fingerprint density at radius 1 is 1.11 bits per heavy atom. The number of furan rings is 1. The molecule has 0 spiro atoms. The molecular formula is C17H19N5O5. The fraction of sp³-hybridized carbons (Fsp3) is 0.353. The molecule has 0 saturated carbocycles. The van der Waals surface area contributed by atoms with Crippen molar-refractivity contribution in [2.24, 2.45) is 0 Å². The van der Waals surface area contributed by atoms with Gasteiger partial charge in [-0.2, -0.15) is 0 Å². The van der Waals surface area contributed by atoms with Crippen LogP contribution in [0.4, 0.5) is 5.95 Å². The Labute approximate surface area is 155 Å². The third-order valence-corrected chi connectivity index (χ3v) is 3.96. The minimum Gasteiger partial charge on any atom is -0.459 e. The van der Waals surface area contributed by atoms with Crippen molar-refractivity contribution in [1.82, 2.24) is 20.2 Å². The molecule has 142 valence electrons. The fourth-order valence-corrected chi connectivity index (χ4v) is 2.54. The van der Waals surface area contributed by atoms with Gasteiger partial charge in [0.2, 0.25) is 5.95 Å². The van der Waals surface area contributed by atoms with Gasteiger partial charge < -0.3 is 24.3 Å². The number of amides is 2. The van der Waals surface area contributed by atoms with Crippen LogP contribution in [0.1, 0.15) is 10.6 Å². The van der Waals surface area contributed by atoms with Crippen molar-refractivity contribution < 1.29 is 23.5 Å². The zero-order chi connectivity index (χ0) is 19.1. The van der Waals surface area contributed by atoms with E-state index in [1.807, 2.05) is 4.90 Å². The lowest BCUT2D eigenvalue weighted by atomic mass is 10.3. The first-order valence-corrected chi connectivity index (χ1v) is 8.40. The molecule has 1 saturated heterocycles. The maximum atomic E-state index is 12.2. The van der Waals surface area contributed by atoms with Crippen molar-refractivity contribution in [2.75, 3.05) is 44.2 Å². The zero-order valence-corrected chi connectivity index (χ0v) is 14.5. The van der Waals surface area contributed by atoms with Crippen LogP contribution < -0.4 is 10.2 Å². The molecule has 0 aliphatic carbocycles. The average molecular weight is 373 g/mol. The quantitative estimate of drug-likeness (QED) is 0.685. The minimum atomic E-state index is -0.695. The first-order valence-electron chi connectivity index (χ1n) is 8.40. The van der Waals surface area contributed by atoms with Crippen LogP contribution in [0.15, 0.2) is 41.3 Å². The number of piperazine rings is 1. The lowest BCUT2D eigenvalue weighted by Gasteiger charge is -2.34. The number of nitrogens with one attached hydrogen (secondary N) is 1. The number of ether oxygens (including phenoxy) is 1. The zero-order valence-electron chi connectivity index (χ0n) is 14.5. The third kappa shape index (κ3) is 5.03. The molecule has 1 aliphatic rings. The molecule has 10 heteroatoms. The molecule has 1 fully saturated rings. The van der Waals surface area contributed by atoms with Crippen LogP contribution >= 0.6 is 0 Å². The van der Waals surface area contributed by atoms with Crippen molar-refractivity contribution in [3.8, 4) is 0 Å². The number of anilines is 1. The number of nitrogens with zero attached hydrogens (tertiary/aromatic N) is 4. The molecule has 0 radical (unpaired) electrons. The van der Waals surface area contributed by atoms with Crippen LogP contribution in [0.3, 0.4) is 0 Å². The van der Waals surface area contributed by atoms with E-state index in [0.717, 1.165) is 0 Å². The summed E-state index contributed by atoms with van der Waals surface area (Å²) >= 11 is 0. The summed E-state index contributed by atoms with van der Waals surface area (Å²) in [6, 6.07) is 4.79. The minimum absolute atomic E-state index is 0.0964. The van der Waals surface area contributed by atoms with Gasteiger partial charge in [0.1, 0.15) is 6.54 Å². The molecule has 10 nitrogen and oxygen atoms in total. The third-order valence-electron chi connectivity index (χ3n) is 3.96. The molecule has 2 aromatic rings. The highest BCUT2D eigenvalue weighted by Crippen LogP contribution is 2.09. The molecule has 2 aromatic heterocycles. The van der Waals surface area contributed by atoms with Crippen LogP contribution in [-0.2, 0) is 14.3 Å². The number of aromatic nitrogens is 2.